The molecule has 0 fully saturated rings. The third-order valence-corrected chi connectivity index (χ3v) is 4.16. The summed E-state index contributed by atoms with van der Waals surface area (Å²) in [5.41, 5.74) is -0.833. The van der Waals surface area contributed by atoms with Crippen molar-refractivity contribution >= 4 is 12.1 Å². The van der Waals surface area contributed by atoms with Gasteiger partial charge in [-0.2, -0.15) is 0 Å². The number of carbonyl (C=O) groups is 2. The maximum Gasteiger partial charge on any atom is 0.508 e. The van der Waals surface area contributed by atoms with Crippen LogP contribution in [0, 0.1) is 17.3 Å². The van der Waals surface area contributed by atoms with Gasteiger partial charge in [0.25, 0.3) is 0 Å². The minimum absolute atomic E-state index is 0.250. The van der Waals surface area contributed by atoms with E-state index in [1.807, 2.05) is 0 Å². The molecule has 0 aliphatic carbocycles. The van der Waals surface area contributed by atoms with Crippen molar-refractivity contribution in [3.63, 3.8) is 0 Å². The molecule has 0 rings (SSSR count). The molecule has 0 aromatic carbocycles. The summed E-state index contributed by atoms with van der Waals surface area (Å²) in [6.45, 7) is 14.5. The smallest absolute Gasteiger partial charge is 0.465 e. The van der Waals surface area contributed by atoms with Crippen LogP contribution in [0.25, 0.3) is 0 Å². The molecular weight excluding hydrogens is 320 g/mol. The van der Waals surface area contributed by atoms with Crippen LogP contribution in [0.15, 0.2) is 0 Å². The van der Waals surface area contributed by atoms with E-state index < -0.39 is 17.7 Å². The lowest BCUT2D eigenvalue weighted by molar-refractivity contribution is -0.168. The first-order chi connectivity index (χ1) is 11.7. The zero-order chi connectivity index (χ0) is 19.5. The minimum Gasteiger partial charge on any atom is -0.465 e. The van der Waals surface area contributed by atoms with Crippen molar-refractivity contribution in [3.05, 3.63) is 0 Å². The molecule has 1 atom stereocenters. The Morgan fingerprint density at radius 2 is 1.40 bits per heavy atom. The van der Waals surface area contributed by atoms with E-state index >= 15 is 0 Å². The molecule has 0 aromatic heterocycles. The second-order valence-corrected chi connectivity index (χ2v) is 7.50. The van der Waals surface area contributed by atoms with Crippen molar-refractivity contribution in [2.45, 2.75) is 86.7 Å². The highest BCUT2D eigenvalue weighted by Crippen LogP contribution is 2.42. The first kappa shape index (κ1) is 23.7. The van der Waals surface area contributed by atoms with E-state index in [0.29, 0.717) is 25.9 Å². The van der Waals surface area contributed by atoms with E-state index in [1.54, 1.807) is 13.8 Å². The Morgan fingerprint density at radius 1 is 0.880 bits per heavy atom. The largest absolute Gasteiger partial charge is 0.508 e. The van der Waals surface area contributed by atoms with Crippen LogP contribution < -0.4 is 0 Å². The van der Waals surface area contributed by atoms with E-state index in [9.17, 15) is 9.59 Å². The molecule has 0 spiro atoms. The van der Waals surface area contributed by atoms with Gasteiger partial charge in [-0.25, -0.2) is 4.79 Å². The fourth-order valence-electron chi connectivity index (χ4n) is 3.48. The van der Waals surface area contributed by atoms with Crippen LogP contribution in [0.3, 0.4) is 0 Å². The molecule has 0 saturated heterocycles. The van der Waals surface area contributed by atoms with Gasteiger partial charge in [-0.1, -0.05) is 47.5 Å². The summed E-state index contributed by atoms with van der Waals surface area (Å²) in [4.78, 5) is 25.0. The van der Waals surface area contributed by atoms with Crippen LogP contribution in [0.5, 0.6) is 0 Å². The molecule has 0 bridgehead atoms. The van der Waals surface area contributed by atoms with Crippen LogP contribution in [0.1, 0.15) is 80.6 Å². The molecule has 0 N–H and O–H groups in total. The second kappa shape index (κ2) is 12.2. The maximum absolute atomic E-state index is 13.0. The quantitative estimate of drug-likeness (QED) is 0.439. The molecule has 0 aliphatic heterocycles. The predicted octanol–water partition coefficient (Wildman–Crippen LogP) is 5.36. The topological polar surface area (TPSA) is 61.8 Å². The molecular formula is C20H38O5. The minimum atomic E-state index is -0.833. The summed E-state index contributed by atoms with van der Waals surface area (Å²) in [7, 11) is 0. The summed E-state index contributed by atoms with van der Waals surface area (Å²) in [6, 6.07) is 0. The first-order valence-corrected chi connectivity index (χ1v) is 9.73. The van der Waals surface area contributed by atoms with E-state index in [0.717, 1.165) is 12.8 Å². The van der Waals surface area contributed by atoms with Crippen molar-refractivity contribution in [2.75, 3.05) is 13.2 Å². The normalized spacial score (nSPS) is 13.0. The average Bonchev–Trinajstić information content (AvgIpc) is 2.50. The number of rotatable bonds is 12. The van der Waals surface area contributed by atoms with Crippen LogP contribution in [0.2, 0.25) is 0 Å². The third-order valence-electron chi connectivity index (χ3n) is 4.16. The van der Waals surface area contributed by atoms with Crippen LogP contribution in [-0.4, -0.2) is 31.4 Å². The summed E-state index contributed by atoms with van der Waals surface area (Å²) in [5, 5.41) is 0. The number of hydrogen-bond donors (Lipinski definition) is 0. The zero-order valence-electron chi connectivity index (χ0n) is 17.2. The van der Waals surface area contributed by atoms with Crippen LogP contribution in [-0.2, 0) is 19.0 Å². The molecule has 0 saturated carbocycles. The van der Waals surface area contributed by atoms with Crippen molar-refractivity contribution in [2.24, 2.45) is 17.3 Å². The highest BCUT2D eigenvalue weighted by Gasteiger charge is 2.49. The lowest BCUT2D eigenvalue weighted by Crippen LogP contribution is -2.48. The van der Waals surface area contributed by atoms with Gasteiger partial charge in [0, 0.05) is 0 Å². The van der Waals surface area contributed by atoms with Gasteiger partial charge in [-0.05, 0) is 44.9 Å². The molecule has 0 radical (unpaired) electrons. The zero-order valence-corrected chi connectivity index (χ0v) is 17.2. The van der Waals surface area contributed by atoms with E-state index in [2.05, 4.69) is 34.6 Å². The van der Waals surface area contributed by atoms with Gasteiger partial charge in [0.1, 0.15) is 11.5 Å². The Hall–Kier alpha value is -1.26. The lowest BCUT2D eigenvalue weighted by Gasteiger charge is -2.40. The van der Waals surface area contributed by atoms with Crippen molar-refractivity contribution < 1.29 is 23.8 Å². The molecule has 1 unspecified atom stereocenters. The van der Waals surface area contributed by atoms with Gasteiger partial charge < -0.3 is 14.2 Å². The van der Waals surface area contributed by atoms with Gasteiger partial charge in [-0.15, -0.1) is 0 Å². The molecule has 5 heteroatoms. The number of carbonyl (C=O) groups excluding carboxylic acids is 2. The van der Waals surface area contributed by atoms with Gasteiger partial charge >= 0.3 is 12.1 Å². The average molecular weight is 359 g/mol. The Labute approximate surface area is 153 Å². The van der Waals surface area contributed by atoms with Crippen molar-refractivity contribution in [1.82, 2.24) is 0 Å². The third kappa shape index (κ3) is 8.10. The highest BCUT2D eigenvalue weighted by atomic mass is 16.7. The fraction of sp³-hybridized carbons (Fsp3) is 0.900. The Bertz CT molecular complexity index is 380. The standard InChI is InChI=1S/C20H38O5/c1-8-11-12-17(25-19(22)24-10-3)20(13-15(4)5,14-16(6)7)18(21)23-9-2/h15-17H,8-14H2,1-7H3. The Morgan fingerprint density at radius 3 is 1.80 bits per heavy atom. The summed E-state index contributed by atoms with van der Waals surface area (Å²) < 4.78 is 16.1. The van der Waals surface area contributed by atoms with Gasteiger partial charge in [0.2, 0.25) is 0 Å². The molecule has 148 valence electrons. The molecule has 5 nitrogen and oxygen atoms in total. The SMILES string of the molecule is CCCCC(OC(=O)OCC)C(CC(C)C)(CC(C)C)C(=O)OCC. The molecule has 0 amide bonds. The van der Waals surface area contributed by atoms with Crippen LogP contribution >= 0.6 is 0 Å². The van der Waals surface area contributed by atoms with Crippen LogP contribution in [0.4, 0.5) is 4.79 Å². The number of ether oxygens (including phenoxy) is 3. The van der Waals surface area contributed by atoms with Crippen molar-refractivity contribution in [1.29, 1.82) is 0 Å². The van der Waals surface area contributed by atoms with Crippen molar-refractivity contribution in [3.8, 4) is 0 Å². The number of hydrogen-bond acceptors (Lipinski definition) is 5. The number of esters is 1. The molecule has 0 heterocycles. The van der Waals surface area contributed by atoms with E-state index in [4.69, 9.17) is 14.2 Å². The predicted molar refractivity (Wildman–Crippen MR) is 99.4 cm³/mol. The van der Waals surface area contributed by atoms with E-state index in [1.165, 1.54) is 0 Å². The number of unbranched alkanes of at least 4 members (excludes halogenated alkanes) is 1. The van der Waals surface area contributed by atoms with Gasteiger partial charge in [-0.3, -0.25) is 4.79 Å². The fourth-order valence-corrected chi connectivity index (χ4v) is 3.48. The first-order valence-electron chi connectivity index (χ1n) is 9.73. The summed E-state index contributed by atoms with van der Waals surface area (Å²) in [6.07, 6.45) is 2.48. The summed E-state index contributed by atoms with van der Waals surface area (Å²) in [5.74, 6) is 0.291. The van der Waals surface area contributed by atoms with Gasteiger partial charge in [0.05, 0.1) is 13.2 Å². The second-order valence-electron chi connectivity index (χ2n) is 7.50. The summed E-state index contributed by atoms with van der Waals surface area (Å²) >= 11 is 0. The van der Waals surface area contributed by atoms with E-state index in [-0.39, 0.29) is 24.4 Å². The van der Waals surface area contributed by atoms with Gasteiger partial charge in [0.15, 0.2) is 0 Å². The Balaban J connectivity index is 5.87. The Kier molecular flexibility index (Phi) is 11.5. The highest BCUT2D eigenvalue weighted by molar-refractivity contribution is 5.78. The lowest BCUT2D eigenvalue weighted by atomic mass is 9.69. The molecule has 25 heavy (non-hydrogen) atoms. The molecule has 0 aliphatic rings. The monoisotopic (exact) mass is 358 g/mol. The maximum atomic E-state index is 13.0. The molecule has 0 aromatic rings.